The third kappa shape index (κ3) is 0.834. The Morgan fingerprint density at radius 1 is 1.17 bits per heavy atom. The summed E-state index contributed by atoms with van der Waals surface area (Å²) in [5, 5.41) is 0. The van der Waals surface area contributed by atoms with Gasteiger partial charge in [0.15, 0.2) is 0 Å². The molecule has 3 aliphatic rings. The summed E-state index contributed by atoms with van der Waals surface area (Å²) in [5.74, 6) is 2.09. The molecule has 0 spiro atoms. The molecule has 0 amide bonds. The summed E-state index contributed by atoms with van der Waals surface area (Å²) in [7, 11) is 0. The first-order chi connectivity index (χ1) is 5.86. The van der Waals surface area contributed by atoms with E-state index in [0.717, 1.165) is 23.9 Å². The Morgan fingerprint density at radius 3 is 3.00 bits per heavy atom. The Kier molecular flexibility index (Phi) is 1.52. The van der Waals surface area contributed by atoms with Gasteiger partial charge in [-0.25, -0.2) is 0 Å². The molecule has 0 aromatic heterocycles. The monoisotopic (exact) mass is 165 g/mol. The van der Waals surface area contributed by atoms with Gasteiger partial charge in [-0.1, -0.05) is 6.92 Å². The predicted molar refractivity (Wildman–Crippen MR) is 50.0 cm³/mol. The molecule has 2 saturated heterocycles. The summed E-state index contributed by atoms with van der Waals surface area (Å²) < 4.78 is 0. The van der Waals surface area contributed by atoms with Gasteiger partial charge in [-0.2, -0.15) is 0 Å². The van der Waals surface area contributed by atoms with Crippen LogP contribution >= 0.6 is 0 Å². The second kappa shape index (κ2) is 2.47. The lowest BCUT2D eigenvalue weighted by molar-refractivity contribution is 0.198. The first kappa shape index (κ1) is 7.37. The van der Waals surface area contributed by atoms with Crippen molar-refractivity contribution in [1.82, 2.24) is 4.90 Å². The summed E-state index contributed by atoms with van der Waals surface area (Å²) in [6.07, 6.45) is 7.53. The molecule has 3 fully saturated rings. The molecule has 0 N–H and O–H groups in total. The standard InChI is InChI=1S/C11H19N/c1-8-4-5-9-7-10-3-2-6-12(10)11(8)9/h8-11H,2-7H2,1H3/t8-,9+,10-,11-/m0/s1. The molecule has 3 rings (SSSR count). The second-order valence-electron chi connectivity index (χ2n) is 5.07. The van der Waals surface area contributed by atoms with Crippen LogP contribution in [0.1, 0.15) is 39.0 Å². The second-order valence-corrected chi connectivity index (χ2v) is 5.07. The van der Waals surface area contributed by atoms with E-state index < -0.39 is 0 Å². The molecule has 0 aromatic rings. The van der Waals surface area contributed by atoms with Gasteiger partial charge in [-0.15, -0.1) is 0 Å². The zero-order valence-corrected chi connectivity index (χ0v) is 8.00. The first-order valence-electron chi connectivity index (χ1n) is 5.62. The van der Waals surface area contributed by atoms with Crippen LogP contribution in [-0.2, 0) is 0 Å². The Balaban J connectivity index is 1.85. The topological polar surface area (TPSA) is 3.24 Å². The van der Waals surface area contributed by atoms with Crippen molar-refractivity contribution in [3.63, 3.8) is 0 Å². The molecule has 1 heteroatoms. The largest absolute Gasteiger partial charge is 0.297 e. The van der Waals surface area contributed by atoms with Crippen molar-refractivity contribution in [1.29, 1.82) is 0 Å². The maximum atomic E-state index is 2.84. The van der Waals surface area contributed by atoms with Crippen molar-refractivity contribution in [2.24, 2.45) is 11.8 Å². The highest BCUT2D eigenvalue weighted by Gasteiger charge is 2.48. The van der Waals surface area contributed by atoms with Crippen LogP contribution in [-0.4, -0.2) is 23.5 Å². The lowest BCUT2D eigenvalue weighted by Crippen LogP contribution is -2.35. The molecular formula is C11H19N. The molecule has 2 heterocycles. The van der Waals surface area contributed by atoms with Gasteiger partial charge in [-0.3, -0.25) is 4.90 Å². The highest BCUT2D eigenvalue weighted by Crippen LogP contribution is 2.47. The lowest BCUT2D eigenvalue weighted by atomic mass is 9.98. The normalized spacial score (nSPS) is 52.8. The van der Waals surface area contributed by atoms with Gasteiger partial charge >= 0.3 is 0 Å². The summed E-state index contributed by atoms with van der Waals surface area (Å²) >= 11 is 0. The van der Waals surface area contributed by atoms with Gasteiger partial charge in [0.05, 0.1) is 0 Å². The third-order valence-electron chi connectivity index (χ3n) is 4.44. The Bertz CT molecular complexity index is 189. The fraction of sp³-hybridized carbons (Fsp3) is 1.00. The van der Waals surface area contributed by atoms with Crippen LogP contribution in [0.2, 0.25) is 0 Å². The molecule has 4 atom stereocenters. The average molecular weight is 165 g/mol. The third-order valence-corrected chi connectivity index (χ3v) is 4.44. The average Bonchev–Trinajstić information content (AvgIpc) is 2.61. The Labute approximate surface area is 75.1 Å². The highest BCUT2D eigenvalue weighted by atomic mass is 15.2. The minimum Gasteiger partial charge on any atom is -0.297 e. The van der Waals surface area contributed by atoms with Gasteiger partial charge in [0.1, 0.15) is 0 Å². The van der Waals surface area contributed by atoms with E-state index in [0.29, 0.717) is 0 Å². The Morgan fingerprint density at radius 2 is 2.08 bits per heavy atom. The van der Waals surface area contributed by atoms with Crippen LogP contribution in [0.4, 0.5) is 0 Å². The fourth-order valence-electron chi connectivity index (χ4n) is 3.99. The molecule has 1 saturated carbocycles. The smallest absolute Gasteiger partial charge is 0.0153 e. The molecule has 0 aromatic carbocycles. The number of rotatable bonds is 0. The van der Waals surface area contributed by atoms with E-state index in [1.54, 1.807) is 0 Å². The summed E-state index contributed by atoms with van der Waals surface area (Å²) in [6, 6.07) is 2.00. The maximum Gasteiger partial charge on any atom is 0.0153 e. The molecule has 12 heavy (non-hydrogen) atoms. The number of fused-ring (bicyclic) bond motifs is 3. The summed E-state index contributed by atoms with van der Waals surface area (Å²) in [4.78, 5) is 2.84. The van der Waals surface area contributed by atoms with E-state index in [4.69, 9.17) is 0 Å². The minimum absolute atomic E-state index is 0.998. The molecule has 1 nitrogen and oxygen atoms in total. The van der Waals surface area contributed by atoms with Crippen molar-refractivity contribution in [2.45, 2.75) is 51.1 Å². The number of hydrogen-bond acceptors (Lipinski definition) is 1. The van der Waals surface area contributed by atoms with Crippen LogP contribution in [0, 0.1) is 11.8 Å². The van der Waals surface area contributed by atoms with E-state index in [1.807, 2.05) is 0 Å². The van der Waals surface area contributed by atoms with Crippen LogP contribution in [0.25, 0.3) is 0 Å². The van der Waals surface area contributed by atoms with Gasteiger partial charge in [0, 0.05) is 12.1 Å². The van der Waals surface area contributed by atoms with E-state index in [9.17, 15) is 0 Å². The summed E-state index contributed by atoms with van der Waals surface area (Å²) in [6.45, 7) is 3.88. The van der Waals surface area contributed by atoms with Crippen molar-refractivity contribution >= 4 is 0 Å². The molecule has 2 aliphatic heterocycles. The minimum atomic E-state index is 0.998. The first-order valence-corrected chi connectivity index (χ1v) is 5.62. The van der Waals surface area contributed by atoms with E-state index in [1.165, 1.54) is 38.6 Å². The Hall–Kier alpha value is -0.0400. The van der Waals surface area contributed by atoms with E-state index in [-0.39, 0.29) is 0 Å². The summed E-state index contributed by atoms with van der Waals surface area (Å²) in [5.41, 5.74) is 0. The van der Waals surface area contributed by atoms with E-state index >= 15 is 0 Å². The SMILES string of the molecule is C[C@H]1CC[C@@H]2C[C@@H]3CCCN3[C@H]21. The van der Waals surface area contributed by atoms with Crippen LogP contribution in [0.5, 0.6) is 0 Å². The zero-order valence-electron chi connectivity index (χ0n) is 8.00. The number of nitrogens with zero attached hydrogens (tertiary/aromatic N) is 1. The van der Waals surface area contributed by atoms with Crippen molar-refractivity contribution < 1.29 is 0 Å². The molecule has 0 unspecified atom stereocenters. The predicted octanol–water partition coefficient (Wildman–Crippen LogP) is 2.27. The van der Waals surface area contributed by atoms with E-state index in [2.05, 4.69) is 11.8 Å². The van der Waals surface area contributed by atoms with Crippen LogP contribution in [0.15, 0.2) is 0 Å². The van der Waals surface area contributed by atoms with Crippen LogP contribution < -0.4 is 0 Å². The maximum absolute atomic E-state index is 2.84. The zero-order chi connectivity index (χ0) is 8.13. The van der Waals surface area contributed by atoms with Crippen LogP contribution in [0.3, 0.4) is 0 Å². The lowest BCUT2D eigenvalue weighted by Gasteiger charge is -2.26. The molecule has 0 radical (unpaired) electrons. The molecule has 1 aliphatic carbocycles. The quantitative estimate of drug-likeness (QED) is 0.532. The van der Waals surface area contributed by atoms with Gasteiger partial charge in [0.25, 0.3) is 0 Å². The highest BCUT2D eigenvalue weighted by molar-refractivity contribution is 5.02. The van der Waals surface area contributed by atoms with Crippen molar-refractivity contribution in [2.75, 3.05) is 6.54 Å². The molecule has 68 valence electrons. The fourth-order valence-corrected chi connectivity index (χ4v) is 3.99. The van der Waals surface area contributed by atoms with Gasteiger partial charge in [0.2, 0.25) is 0 Å². The van der Waals surface area contributed by atoms with Gasteiger partial charge in [-0.05, 0) is 50.5 Å². The van der Waals surface area contributed by atoms with Crippen molar-refractivity contribution in [3.05, 3.63) is 0 Å². The van der Waals surface area contributed by atoms with Gasteiger partial charge < -0.3 is 0 Å². The molecular weight excluding hydrogens is 146 g/mol. The number of hydrogen-bond donors (Lipinski definition) is 0. The van der Waals surface area contributed by atoms with Crippen molar-refractivity contribution in [3.8, 4) is 0 Å². The molecule has 0 bridgehead atoms.